The fourth-order valence-corrected chi connectivity index (χ4v) is 2.91. The molecule has 0 saturated carbocycles. The average molecular weight is 405 g/mol. The molecule has 0 aliphatic heterocycles. The van der Waals surface area contributed by atoms with Gasteiger partial charge in [0.1, 0.15) is 23.7 Å². The van der Waals surface area contributed by atoms with Gasteiger partial charge in [-0.25, -0.2) is 24.3 Å². The van der Waals surface area contributed by atoms with E-state index in [0.717, 1.165) is 0 Å². The van der Waals surface area contributed by atoms with Crippen LogP contribution in [0.2, 0.25) is 0 Å². The van der Waals surface area contributed by atoms with Crippen molar-refractivity contribution in [3.05, 3.63) is 82.9 Å². The number of halogens is 1. The Hall–Kier alpha value is -4.21. The molecule has 4 rings (SSSR count). The molecule has 150 valence electrons. The fourth-order valence-electron chi connectivity index (χ4n) is 2.91. The molecule has 4 aromatic rings. The normalized spacial score (nSPS) is 11.8. The van der Waals surface area contributed by atoms with Gasteiger partial charge in [0.2, 0.25) is 0 Å². The van der Waals surface area contributed by atoms with Crippen LogP contribution in [0.25, 0.3) is 22.6 Å². The van der Waals surface area contributed by atoms with E-state index >= 15 is 0 Å². The minimum atomic E-state index is -0.517. The third kappa shape index (κ3) is 3.83. The van der Waals surface area contributed by atoms with Crippen LogP contribution in [0, 0.1) is 15.9 Å². The minimum Gasteiger partial charge on any atom is -0.360 e. The van der Waals surface area contributed by atoms with Crippen LogP contribution < -0.4 is 5.32 Å². The van der Waals surface area contributed by atoms with E-state index in [1.54, 1.807) is 36.8 Å². The zero-order chi connectivity index (χ0) is 21.1. The second-order valence-corrected chi connectivity index (χ2v) is 6.43. The zero-order valence-corrected chi connectivity index (χ0v) is 15.8. The molecule has 1 atom stereocenters. The third-order valence-electron chi connectivity index (χ3n) is 4.40. The van der Waals surface area contributed by atoms with Crippen LogP contribution in [-0.4, -0.2) is 29.8 Å². The minimum absolute atomic E-state index is 0.103. The van der Waals surface area contributed by atoms with Gasteiger partial charge < -0.3 is 10.3 Å². The molecule has 0 aliphatic rings. The highest BCUT2D eigenvalue weighted by Gasteiger charge is 2.19. The molecule has 0 aliphatic carbocycles. The summed E-state index contributed by atoms with van der Waals surface area (Å²) in [4.78, 5) is 30.5. The molecular weight excluding hydrogens is 389 g/mol. The summed E-state index contributed by atoms with van der Waals surface area (Å²) in [6.45, 7) is 1.82. The molecule has 1 aromatic carbocycles. The van der Waals surface area contributed by atoms with E-state index in [0.29, 0.717) is 34.3 Å². The van der Waals surface area contributed by atoms with Crippen molar-refractivity contribution in [2.45, 2.75) is 13.0 Å². The largest absolute Gasteiger partial charge is 0.360 e. The molecule has 3 aromatic heterocycles. The van der Waals surface area contributed by atoms with E-state index < -0.39 is 16.8 Å². The number of anilines is 1. The van der Waals surface area contributed by atoms with Crippen molar-refractivity contribution in [1.82, 2.24) is 24.9 Å². The Morgan fingerprint density at radius 2 is 1.93 bits per heavy atom. The Morgan fingerprint density at radius 3 is 2.60 bits per heavy atom. The lowest BCUT2D eigenvalue weighted by Gasteiger charge is -2.16. The Kier molecular flexibility index (Phi) is 5.12. The van der Waals surface area contributed by atoms with Gasteiger partial charge in [0, 0.05) is 30.2 Å². The highest BCUT2D eigenvalue weighted by molar-refractivity contribution is 5.77. The number of nitrogens with one attached hydrogen (secondary N) is 2. The standard InChI is InChI=1S/C20H16FN7O2/c1-12(26-17-7-6-13(10-24-17)28(29)30)19-25-11-15(20-22-8-9-23-20)18(27-19)14-4-2-3-5-16(14)21/h2-12H,1H3,(H,22,23)(H,24,26). The Labute approximate surface area is 170 Å². The number of nitrogens with zero attached hydrogens (tertiary/aromatic N) is 5. The molecule has 0 radical (unpaired) electrons. The molecule has 3 heterocycles. The van der Waals surface area contributed by atoms with Crippen molar-refractivity contribution in [1.29, 1.82) is 0 Å². The van der Waals surface area contributed by atoms with Crippen molar-refractivity contribution in [2.75, 3.05) is 5.32 Å². The lowest BCUT2D eigenvalue weighted by molar-refractivity contribution is -0.385. The first-order valence-electron chi connectivity index (χ1n) is 9.01. The number of imidazole rings is 1. The maximum Gasteiger partial charge on any atom is 0.287 e. The van der Waals surface area contributed by atoms with Gasteiger partial charge in [-0.05, 0) is 25.1 Å². The number of hydrogen-bond donors (Lipinski definition) is 2. The maximum absolute atomic E-state index is 14.5. The van der Waals surface area contributed by atoms with Gasteiger partial charge in [0.15, 0.2) is 5.82 Å². The van der Waals surface area contributed by atoms with Crippen LogP contribution in [0.1, 0.15) is 18.8 Å². The van der Waals surface area contributed by atoms with E-state index in [4.69, 9.17) is 0 Å². The highest BCUT2D eigenvalue weighted by Crippen LogP contribution is 2.31. The summed E-state index contributed by atoms with van der Waals surface area (Å²) in [5.41, 5.74) is 1.19. The Bertz CT molecular complexity index is 1180. The molecule has 0 saturated heterocycles. The maximum atomic E-state index is 14.5. The number of benzene rings is 1. The summed E-state index contributed by atoms with van der Waals surface area (Å²) in [6.07, 6.45) is 6.02. The summed E-state index contributed by atoms with van der Waals surface area (Å²) >= 11 is 0. The zero-order valence-electron chi connectivity index (χ0n) is 15.8. The van der Waals surface area contributed by atoms with Crippen molar-refractivity contribution >= 4 is 11.5 Å². The predicted octanol–water partition coefficient (Wildman–Crippen LogP) is 4.15. The molecule has 10 heteroatoms. The van der Waals surface area contributed by atoms with Gasteiger partial charge in [-0.3, -0.25) is 10.1 Å². The van der Waals surface area contributed by atoms with Crippen LogP contribution in [0.5, 0.6) is 0 Å². The van der Waals surface area contributed by atoms with Crippen LogP contribution in [0.3, 0.4) is 0 Å². The molecule has 0 amide bonds. The third-order valence-corrected chi connectivity index (χ3v) is 4.40. The van der Waals surface area contributed by atoms with Crippen LogP contribution in [0.4, 0.5) is 15.9 Å². The molecule has 30 heavy (non-hydrogen) atoms. The van der Waals surface area contributed by atoms with Gasteiger partial charge in [-0.1, -0.05) is 12.1 Å². The second kappa shape index (κ2) is 8.03. The quantitative estimate of drug-likeness (QED) is 0.365. The summed E-state index contributed by atoms with van der Waals surface area (Å²) in [6, 6.07) is 8.81. The number of aromatic nitrogens is 5. The number of hydrogen-bond acceptors (Lipinski definition) is 7. The van der Waals surface area contributed by atoms with Crippen LogP contribution >= 0.6 is 0 Å². The first-order valence-corrected chi connectivity index (χ1v) is 9.01. The molecular formula is C20H16FN7O2. The molecule has 0 spiro atoms. The van der Waals surface area contributed by atoms with E-state index in [1.165, 1.54) is 24.4 Å². The van der Waals surface area contributed by atoms with Crippen LogP contribution in [-0.2, 0) is 0 Å². The van der Waals surface area contributed by atoms with Gasteiger partial charge in [0.25, 0.3) is 5.69 Å². The Balaban J connectivity index is 1.69. The predicted molar refractivity (Wildman–Crippen MR) is 108 cm³/mol. The van der Waals surface area contributed by atoms with E-state index in [1.807, 2.05) is 6.92 Å². The molecule has 0 bridgehead atoms. The van der Waals surface area contributed by atoms with Crippen molar-refractivity contribution in [3.63, 3.8) is 0 Å². The molecule has 9 nitrogen and oxygen atoms in total. The lowest BCUT2D eigenvalue weighted by atomic mass is 10.1. The van der Waals surface area contributed by atoms with Gasteiger partial charge in [-0.2, -0.15) is 0 Å². The molecule has 1 unspecified atom stereocenters. The lowest BCUT2D eigenvalue weighted by Crippen LogP contribution is -2.12. The van der Waals surface area contributed by atoms with E-state index in [-0.39, 0.29) is 5.69 Å². The Morgan fingerprint density at radius 1 is 1.10 bits per heavy atom. The fraction of sp³-hybridized carbons (Fsp3) is 0.100. The SMILES string of the molecule is CC(Nc1ccc([N+](=O)[O-])cn1)c1ncc(-c2ncc[nH]2)c(-c2ccccc2F)n1. The van der Waals surface area contributed by atoms with Gasteiger partial charge >= 0.3 is 0 Å². The van der Waals surface area contributed by atoms with Crippen molar-refractivity contribution < 1.29 is 9.31 Å². The average Bonchev–Trinajstić information content (AvgIpc) is 3.29. The smallest absolute Gasteiger partial charge is 0.287 e. The van der Waals surface area contributed by atoms with Crippen molar-refractivity contribution in [2.24, 2.45) is 0 Å². The first kappa shape index (κ1) is 19.1. The van der Waals surface area contributed by atoms with Gasteiger partial charge in [0.05, 0.1) is 22.2 Å². The molecule has 2 N–H and O–H groups in total. The van der Waals surface area contributed by atoms with Gasteiger partial charge in [-0.15, -0.1) is 0 Å². The van der Waals surface area contributed by atoms with Crippen molar-refractivity contribution in [3.8, 4) is 22.6 Å². The summed E-state index contributed by atoms with van der Waals surface area (Å²) < 4.78 is 14.5. The second-order valence-electron chi connectivity index (χ2n) is 6.43. The summed E-state index contributed by atoms with van der Waals surface area (Å²) in [7, 11) is 0. The number of rotatable bonds is 6. The number of H-pyrrole nitrogens is 1. The highest BCUT2D eigenvalue weighted by atomic mass is 19.1. The number of nitro groups is 1. The first-order chi connectivity index (χ1) is 14.5. The monoisotopic (exact) mass is 405 g/mol. The topological polar surface area (TPSA) is 123 Å². The number of aromatic amines is 1. The summed E-state index contributed by atoms with van der Waals surface area (Å²) in [5, 5.41) is 13.9. The van der Waals surface area contributed by atoms with E-state index in [2.05, 4.69) is 30.2 Å². The molecule has 0 fully saturated rings. The summed E-state index contributed by atoms with van der Waals surface area (Å²) in [5.74, 6) is 0.952. The number of pyridine rings is 1. The van der Waals surface area contributed by atoms with Crippen LogP contribution in [0.15, 0.2) is 61.2 Å². The van der Waals surface area contributed by atoms with E-state index in [9.17, 15) is 14.5 Å².